The van der Waals surface area contributed by atoms with Gasteiger partial charge in [0.1, 0.15) is 0 Å². The Morgan fingerprint density at radius 2 is 1.63 bits per heavy atom. The Balaban J connectivity index is 2.36. The van der Waals surface area contributed by atoms with Crippen LogP contribution in [0.5, 0.6) is 0 Å². The number of hydrogen-bond acceptors (Lipinski definition) is 5. The number of rotatable bonds is 6. The molecule has 9 heteroatoms. The average Bonchev–Trinajstić information content (AvgIpc) is 2.67. The first-order valence-electron chi connectivity index (χ1n) is 9.42. The van der Waals surface area contributed by atoms with Gasteiger partial charge in [-0.25, -0.2) is 17.9 Å². The standard InChI is InChI=1S/C21H26ClN3O4S/c1-12(2)18-10-16(22)11-19(13(3)4)20(18)23-21(26)25-30(28,29)17-8-6-7-15(9-17)14(5)24-27/h6-13,27H,1-5H3,(H2,23,25,26)/b24-14+. The highest BCUT2D eigenvalue weighted by Gasteiger charge is 2.22. The lowest BCUT2D eigenvalue weighted by molar-refractivity contribution is 0.256. The quantitative estimate of drug-likeness (QED) is 0.314. The number of anilines is 1. The summed E-state index contributed by atoms with van der Waals surface area (Å²) >= 11 is 6.23. The van der Waals surface area contributed by atoms with E-state index in [1.54, 1.807) is 18.2 Å². The normalized spacial score (nSPS) is 12.3. The lowest BCUT2D eigenvalue weighted by Crippen LogP contribution is -2.35. The minimum absolute atomic E-state index is 0.0607. The van der Waals surface area contributed by atoms with Gasteiger partial charge in [0.25, 0.3) is 10.0 Å². The van der Waals surface area contributed by atoms with E-state index in [2.05, 4.69) is 10.5 Å². The van der Waals surface area contributed by atoms with Crippen LogP contribution in [-0.2, 0) is 10.0 Å². The van der Waals surface area contributed by atoms with E-state index >= 15 is 0 Å². The molecule has 0 fully saturated rings. The van der Waals surface area contributed by atoms with Gasteiger partial charge in [0.05, 0.1) is 10.6 Å². The second-order valence-electron chi connectivity index (χ2n) is 7.54. The van der Waals surface area contributed by atoms with Gasteiger partial charge in [0.15, 0.2) is 0 Å². The van der Waals surface area contributed by atoms with Gasteiger partial charge in [-0.2, -0.15) is 0 Å². The first-order valence-corrected chi connectivity index (χ1v) is 11.3. The number of hydrogen-bond donors (Lipinski definition) is 3. The van der Waals surface area contributed by atoms with E-state index < -0.39 is 16.1 Å². The van der Waals surface area contributed by atoms with Crippen molar-refractivity contribution in [2.45, 2.75) is 51.3 Å². The number of carbonyl (C=O) groups is 1. The molecule has 0 spiro atoms. The molecule has 0 unspecified atom stereocenters. The Kier molecular flexibility index (Phi) is 7.49. The molecule has 162 valence electrons. The Morgan fingerprint density at radius 3 is 2.13 bits per heavy atom. The van der Waals surface area contributed by atoms with Crippen LogP contribution in [0.4, 0.5) is 10.5 Å². The van der Waals surface area contributed by atoms with Gasteiger partial charge in [-0.3, -0.25) is 0 Å². The fraction of sp³-hybridized carbons (Fsp3) is 0.333. The molecule has 0 aromatic heterocycles. The summed E-state index contributed by atoms with van der Waals surface area (Å²) < 4.78 is 27.4. The van der Waals surface area contributed by atoms with Crippen LogP contribution in [0.1, 0.15) is 63.1 Å². The number of sulfonamides is 1. The number of nitrogens with zero attached hydrogens (tertiary/aromatic N) is 1. The van der Waals surface area contributed by atoms with Crippen LogP contribution in [0.2, 0.25) is 5.02 Å². The molecule has 0 radical (unpaired) electrons. The summed E-state index contributed by atoms with van der Waals surface area (Å²) in [7, 11) is -4.14. The van der Waals surface area contributed by atoms with Gasteiger partial charge in [-0.15, -0.1) is 0 Å². The predicted octanol–water partition coefficient (Wildman–Crippen LogP) is 5.30. The SMILES string of the molecule is C/C(=N\O)c1cccc(S(=O)(=O)NC(=O)Nc2c(C(C)C)cc(Cl)cc2C(C)C)c1. The fourth-order valence-electron chi connectivity index (χ4n) is 2.97. The Hall–Kier alpha value is -2.58. The van der Waals surface area contributed by atoms with Crippen molar-refractivity contribution in [3.05, 3.63) is 58.1 Å². The van der Waals surface area contributed by atoms with Crippen molar-refractivity contribution in [3.63, 3.8) is 0 Å². The molecule has 0 aliphatic heterocycles. The number of nitrogens with one attached hydrogen (secondary N) is 2. The summed E-state index contributed by atoms with van der Waals surface area (Å²) in [6.07, 6.45) is 0. The average molecular weight is 452 g/mol. The molecule has 0 aliphatic rings. The van der Waals surface area contributed by atoms with Gasteiger partial charge >= 0.3 is 6.03 Å². The molecule has 7 nitrogen and oxygen atoms in total. The third-order valence-corrected chi connectivity index (χ3v) is 6.13. The van der Waals surface area contributed by atoms with E-state index in [0.29, 0.717) is 16.3 Å². The summed E-state index contributed by atoms with van der Waals surface area (Å²) in [5.41, 5.74) is 2.85. The fourth-order valence-corrected chi connectivity index (χ4v) is 4.16. The molecular formula is C21H26ClN3O4S. The Bertz CT molecular complexity index is 1050. The van der Waals surface area contributed by atoms with Crippen molar-refractivity contribution in [1.29, 1.82) is 0 Å². The monoisotopic (exact) mass is 451 g/mol. The molecule has 2 aromatic carbocycles. The molecule has 0 saturated heterocycles. The topological polar surface area (TPSA) is 108 Å². The summed E-state index contributed by atoms with van der Waals surface area (Å²) in [4.78, 5) is 12.5. The summed E-state index contributed by atoms with van der Waals surface area (Å²) in [6, 6.07) is 8.44. The number of carbonyl (C=O) groups excluding carboxylic acids is 1. The first kappa shape index (κ1) is 23.7. The lowest BCUT2D eigenvalue weighted by atomic mass is 9.92. The van der Waals surface area contributed by atoms with Gasteiger partial charge in [-0.05, 0) is 54.2 Å². The second kappa shape index (κ2) is 9.49. The van der Waals surface area contributed by atoms with Gasteiger partial charge in [0, 0.05) is 16.3 Å². The number of urea groups is 1. The largest absolute Gasteiger partial charge is 0.411 e. The zero-order valence-corrected chi connectivity index (χ0v) is 19.1. The third-order valence-electron chi connectivity index (χ3n) is 4.59. The highest BCUT2D eigenvalue weighted by atomic mass is 35.5. The van der Waals surface area contributed by atoms with Crippen molar-refractivity contribution < 1.29 is 18.4 Å². The molecule has 0 saturated carbocycles. The molecule has 0 heterocycles. The summed E-state index contributed by atoms with van der Waals surface area (Å²) in [5, 5.41) is 15.2. The molecule has 30 heavy (non-hydrogen) atoms. The van der Waals surface area contributed by atoms with Crippen LogP contribution in [0, 0.1) is 0 Å². The molecule has 2 amide bonds. The van der Waals surface area contributed by atoms with Gasteiger partial charge in [0.2, 0.25) is 0 Å². The zero-order chi connectivity index (χ0) is 22.6. The Morgan fingerprint density at radius 1 is 1.07 bits per heavy atom. The highest BCUT2D eigenvalue weighted by molar-refractivity contribution is 7.90. The van der Waals surface area contributed by atoms with Crippen molar-refractivity contribution >= 4 is 39.1 Å². The zero-order valence-electron chi connectivity index (χ0n) is 17.5. The number of benzene rings is 2. The highest BCUT2D eigenvalue weighted by Crippen LogP contribution is 2.35. The smallest absolute Gasteiger partial charge is 0.333 e. The molecule has 0 bridgehead atoms. The predicted molar refractivity (Wildman–Crippen MR) is 119 cm³/mol. The van der Waals surface area contributed by atoms with Crippen molar-refractivity contribution in [2.75, 3.05) is 5.32 Å². The van der Waals surface area contributed by atoms with Gasteiger partial charge in [-0.1, -0.05) is 56.6 Å². The lowest BCUT2D eigenvalue weighted by Gasteiger charge is -2.21. The minimum atomic E-state index is -4.14. The summed E-state index contributed by atoms with van der Waals surface area (Å²) in [5.74, 6) is 0.121. The molecule has 2 aromatic rings. The van der Waals surface area contributed by atoms with Crippen LogP contribution in [0.25, 0.3) is 0 Å². The number of amides is 2. The minimum Gasteiger partial charge on any atom is -0.411 e. The number of oxime groups is 1. The van der Waals surface area contributed by atoms with E-state index in [4.69, 9.17) is 16.8 Å². The molecule has 0 aliphatic carbocycles. The Labute approximate surface area is 182 Å². The second-order valence-corrected chi connectivity index (χ2v) is 9.66. The van der Waals surface area contributed by atoms with Crippen LogP contribution < -0.4 is 10.0 Å². The summed E-state index contributed by atoms with van der Waals surface area (Å²) in [6.45, 7) is 9.39. The maximum absolute atomic E-state index is 12.7. The maximum atomic E-state index is 12.7. The van der Waals surface area contributed by atoms with Crippen LogP contribution in [-0.4, -0.2) is 25.4 Å². The maximum Gasteiger partial charge on any atom is 0.333 e. The first-order chi connectivity index (χ1) is 14.0. The van der Waals surface area contributed by atoms with E-state index in [9.17, 15) is 13.2 Å². The van der Waals surface area contributed by atoms with E-state index in [1.807, 2.05) is 32.4 Å². The van der Waals surface area contributed by atoms with Crippen molar-refractivity contribution in [1.82, 2.24) is 4.72 Å². The number of halogens is 1. The molecule has 2 rings (SSSR count). The van der Waals surface area contributed by atoms with E-state index in [-0.39, 0.29) is 22.4 Å². The van der Waals surface area contributed by atoms with Crippen molar-refractivity contribution in [2.24, 2.45) is 5.16 Å². The van der Waals surface area contributed by atoms with E-state index in [0.717, 1.165) is 11.1 Å². The molecular weight excluding hydrogens is 426 g/mol. The third kappa shape index (κ3) is 5.52. The molecule has 3 N–H and O–H groups in total. The van der Waals surface area contributed by atoms with Crippen LogP contribution in [0.3, 0.4) is 0 Å². The van der Waals surface area contributed by atoms with Crippen LogP contribution >= 0.6 is 11.6 Å². The molecule has 0 atom stereocenters. The van der Waals surface area contributed by atoms with Crippen molar-refractivity contribution in [3.8, 4) is 0 Å². The van der Waals surface area contributed by atoms with Crippen LogP contribution in [0.15, 0.2) is 46.4 Å². The van der Waals surface area contributed by atoms with Gasteiger partial charge < -0.3 is 10.5 Å². The van der Waals surface area contributed by atoms with E-state index in [1.165, 1.54) is 25.1 Å².